The normalized spacial score (nSPS) is 10.3. The van der Waals surface area contributed by atoms with Crippen LogP contribution in [0.4, 0.5) is 4.39 Å². The molecule has 0 amide bonds. The van der Waals surface area contributed by atoms with Gasteiger partial charge in [0.15, 0.2) is 0 Å². The Kier molecular flexibility index (Phi) is 2.79. The number of hydrogen-bond acceptors (Lipinski definition) is 2. The summed E-state index contributed by atoms with van der Waals surface area (Å²) in [5, 5.41) is 6.75. The molecule has 1 N–H and O–H groups in total. The minimum Gasteiger partial charge on any atom is -0.267 e. The van der Waals surface area contributed by atoms with E-state index >= 15 is 0 Å². The van der Waals surface area contributed by atoms with Crippen LogP contribution >= 0.6 is 23.8 Å². The SMILES string of the molecule is Fc1ccc(-c2ccc(=S)[nH]n2)cc1Cl. The first kappa shape index (κ1) is 10.3. The predicted molar refractivity (Wildman–Crippen MR) is 59.8 cm³/mol. The van der Waals surface area contributed by atoms with E-state index in [-0.39, 0.29) is 5.02 Å². The van der Waals surface area contributed by atoms with E-state index in [0.717, 1.165) is 5.56 Å². The second-order valence-corrected chi connectivity index (χ2v) is 3.78. The number of nitrogens with one attached hydrogen (secondary N) is 1. The second kappa shape index (κ2) is 4.08. The molecule has 0 radical (unpaired) electrons. The third-order valence-electron chi connectivity index (χ3n) is 1.89. The molecule has 0 spiro atoms. The Balaban J connectivity index is 2.50. The number of rotatable bonds is 1. The van der Waals surface area contributed by atoms with Crippen LogP contribution in [-0.4, -0.2) is 10.2 Å². The topological polar surface area (TPSA) is 28.7 Å². The van der Waals surface area contributed by atoms with E-state index < -0.39 is 5.82 Å². The maximum absolute atomic E-state index is 12.9. The van der Waals surface area contributed by atoms with Gasteiger partial charge in [-0.3, -0.25) is 5.10 Å². The maximum atomic E-state index is 12.9. The molecule has 0 fully saturated rings. The van der Waals surface area contributed by atoms with Gasteiger partial charge in [-0.2, -0.15) is 5.10 Å². The largest absolute Gasteiger partial charge is 0.267 e. The van der Waals surface area contributed by atoms with Gasteiger partial charge in [-0.15, -0.1) is 0 Å². The molecule has 0 atom stereocenters. The van der Waals surface area contributed by atoms with Crippen molar-refractivity contribution in [1.82, 2.24) is 10.2 Å². The van der Waals surface area contributed by atoms with Crippen LogP contribution in [0.1, 0.15) is 0 Å². The van der Waals surface area contributed by atoms with E-state index in [2.05, 4.69) is 10.2 Å². The summed E-state index contributed by atoms with van der Waals surface area (Å²) in [5.74, 6) is -0.440. The van der Waals surface area contributed by atoms with Crippen LogP contribution < -0.4 is 0 Å². The van der Waals surface area contributed by atoms with Crippen LogP contribution in [-0.2, 0) is 0 Å². The van der Waals surface area contributed by atoms with E-state index in [4.69, 9.17) is 23.8 Å². The Bertz CT molecular complexity index is 533. The third-order valence-corrected chi connectivity index (χ3v) is 2.41. The van der Waals surface area contributed by atoms with Gasteiger partial charge in [0.1, 0.15) is 10.5 Å². The fraction of sp³-hybridized carbons (Fsp3) is 0. The highest BCUT2D eigenvalue weighted by Crippen LogP contribution is 2.22. The third kappa shape index (κ3) is 2.22. The molecule has 0 aliphatic rings. The molecule has 0 saturated carbocycles. The Labute approximate surface area is 95.7 Å². The monoisotopic (exact) mass is 240 g/mol. The first-order valence-corrected chi connectivity index (χ1v) is 4.96. The van der Waals surface area contributed by atoms with E-state index in [1.165, 1.54) is 12.1 Å². The molecule has 0 aliphatic heterocycles. The number of hydrogen-bond donors (Lipinski definition) is 1. The Hall–Kier alpha value is -1.26. The second-order valence-electron chi connectivity index (χ2n) is 2.94. The summed E-state index contributed by atoms with van der Waals surface area (Å²) < 4.78 is 13.4. The highest BCUT2D eigenvalue weighted by atomic mass is 35.5. The summed E-state index contributed by atoms with van der Waals surface area (Å²) in [4.78, 5) is 0. The van der Waals surface area contributed by atoms with Gasteiger partial charge in [-0.05, 0) is 30.3 Å². The molecular formula is C10H6ClFN2S. The van der Waals surface area contributed by atoms with Crippen LogP contribution in [0.2, 0.25) is 5.02 Å². The lowest BCUT2D eigenvalue weighted by atomic mass is 10.1. The fourth-order valence-electron chi connectivity index (χ4n) is 1.16. The van der Waals surface area contributed by atoms with Gasteiger partial charge in [0.05, 0.1) is 10.7 Å². The van der Waals surface area contributed by atoms with Crippen molar-refractivity contribution in [2.75, 3.05) is 0 Å². The number of benzene rings is 1. The van der Waals surface area contributed by atoms with Crippen molar-refractivity contribution >= 4 is 23.8 Å². The van der Waals surface area contributed by atoms with Gasteiger partial charge < -0.3 is 0 Å². The highest BCUT2D eigenvalue weighted by molar-refractivity contribution is 7.71. The zero-order valence-corrected chi connectivity index (χ0v) is 9.07. The van der Waals surface area contributed by atoms with Crippen LogP contribution in [0.5, 0.6) is 0 Å². The molecule has 0 unspecified atom stereocenters. The standard InChI is InChI=1S/C10H6ClFN2S/c11-7-5-6(1-2-8(7)12)9-3-4-10(15)14-13-9/h1-5H,(H,14,15). The molecule has 2 nitrogen and oxygen atoms in total. The van der Waals surface area contributed by atoms with E-state index in [0.29, 0.717) is 10.3 Å². The van der Waals surface area contributed by atoms with Crippen molar-refractivity contribution in [3.05, 3.63) is 45.8 Å². The summed E-state index contributed by atoms with van der Waals surface area (Å²) in [5.41, 5.74) is 1.41. The lowest BCUT2D eigenvalue weighted by Gasteiger charge is -2.00. The van der Waals surface area contributed by atoms with Crippen LogP contribution in [0.3, 0.4) is 0 Å². The zero-order chi connectivity index (χ0) is 10.8. The van der Waals surface area contributed by atoms with E-state index in [9.17, 15) is 4.39 Å². The summed E-state index contributed by atoms with van der Waals surface area (Å²) in [7, 11) is 0. The molecule has 0 bridgehead atoms. The molecule has 0 saturated heterocycles. The van der Waals surface area contributed by atoms with Crippen molar-refractivity contribution in [3.63, 3.8) is 0 Å². The average Bonchev–Trinajstić information content (AvgIpc) is 2.23. The zero-order valence-electron chi connectivity index (χ0n) is 7.50. The van der Waals surface area contributed by atoms with Gasteiger partial charge in [0.2, 0.25) is 0 Å². The van der Waals surface area contributed by atoms with Gasteiger partial charge in [0, 0.05) is 5.56 Å². The smallest absolute Gasteiger partial charge is 0.141 e. The molecule has 5 heteroatoms. The molecule has 1 aromatic heterocycles. The summed E-state index contributed by atoms with van der Waals surface area (Å²) in [6.45, 7) is 0. The molecule has 1 aromatic carbocycles. The minimum absolute atomic E-state index is 0.0803. The predicted octanol–water partition coefficient (Wildman–Crippen LogP) is 3.60. The fourth-order valence-corrected chi connectivity index (χ4v) is 1.45. The van der Waals surface area contributed by atoms with Gasteiger partial charge in [-0.1, -0.05) is 23.8 Å². The summed E-state index contributed by atoms with van der Waals surface area (Å²) in [6.07, 6.45) is 0. The van der Waals surface area contributed by atoms with Gasteiger partial charge in [0.25, 0.3) is 0 Å². The Morgan fingerprint density at radius 3 is 2.67 bits per heavy atom. The highest BCUT2D eigenvalue weighted by Gasteiger charge is 2.03. The summed E-state index contributed by atoms with van der Waals surface area (Å²) in [6, 6.07) is 7.91. The molecule has 2 rings (SSSR count). The van der Waals surface area contributed by atoms with E-state index in [1.807, 2.05) is 0 Å². The molecule has 1 heterocycles. The van der Waals surface area contributed by atoms with Crippen molar-refractivity contribution in [2.45, 2.75) is 0 Å². The quantitative estimate of drug-likeness (QED) is 0.772. The van der Waals surface area contributed by atoms with Gasteiger partial charge >= 0.3 is 0 Å². The Morgan fingerprint density at radius 2 is 2.07 bits per heavy atom. The van der Waals surface area contributed by atoms with Crippen molar-refractivity contribution in [3.8, 4) is 11.3 Å². The van der Waals surface area contributed by atoms with Gasteiger partial charge in [-0.25, -0.2) is 4.39 Å². The molecular weight excluding hydrogens is 235 g/mol. The van der Waals surface area contributed by atoms with Crippen LogP contribution in [0, 0.1) is 10.5 Å². The number of H-pyrrole nitrogens is 1. The number of aromatic nitrogens is 2. The lowest BCUT2D eigenvalue weighted by molar-refractivity contribution is 0.628. The molecule has 76 valence electrons. The lowest BCUT2D eigenvalue weighted by Crippen LogP contribution is -1.87. The molecule has 2 aromatic rings. The molecule has 0 aliphatic carbocycles. The molecule has 15 heavy (non-hydrogen) atoms. The van der Waals surface area contributed by atoms with Crippen molar-refractivity contribution in [1.29, 1.82) is 0 Å². The minimum atomic E-state index is -0.440. The van der Waals surface area contributed by atoms with Crippen molar-refractivity contribution in [2.24, 2.45) is 0 Å². The van der Waals surface area contributed by atoms with Crippen LogP contribution in [0.15, 0.2) is 30.3 Å². The van der Waals surface area contributed by atoms with Crippen molar-refractivity contribution < 1.29 is 4.39 Å². The maximum Gasteiger partial charge on any atom is 0.141 e. The van der Waals surface area contributed by atoms with Crippen LogP contribution in [0.25, 0.3) is 11.3 Å². The average molecular weight is 241 g/mol. The number of nitrogens with zero attached hydrogens (tertiary/aromatic N) is 1. The first-order chi connectivity index (χ1) is 7.16. The summed E-state index contributed by atoms with van der Waals surface area (Å²) >= 11 is 10.5. The number of halogens is 2. The number of aromatic amines is 1. The Morgan fingerprint density at radius 1 is 1.27 bits per heavy atom. The first-order valence-electron chi connectivity index (χ1n) is 4.18. The van der Waals surface area contributed by atoms with E-state index in [1.54, 1.807) is 18.2 Å².